The van der Waals surface area contributed by atoms with Crippen molar-refractivity contribution in [1.29, 1.82) is 0 Å². The molecule has 0 saturated carbocycles. The van der Waals surface area contributed by atoms with Gasteiger partial charge in [0.15, 0.2) is 0 Å². The Balaban J connectivity index is 1.53. The van der Waals surface area contributed by atoms with E-state index in [1.807, 2.05) is 36.1 Å². The van der Waals surface area contributed by atoms with Crippen molar-refractivity contribution < 1.29 is 9.59 Å². The van der Waals surface area contributed by atoms with Crippen molar-refractivity contribution >= 4 is 11.8 Å². The molecule has 2 aliphatic heterocycles. The first-order valence-corrected chi connectivity index (χ1v) is 9.01. The topological polar surface area (TPSA) is 61.4 Å². The fraction of sp³-hybridized carbons (Fsp3) is 0.579. The fourth-order valence-electron chi connectivity index (χ4n) is 3.68. The molecule has 0 bridgehead atoms. The van der Waals surface area contributed by atoms with E-state index in [0.717, 1.165) is 56.4 Å². The zero-order valence-corrected chi connectivity index (χ0v) is 14.4. The quantitative estimate of drug-likeness (QED) is 0.884. The Morgan fingerprint density at radius 1 is 1.25 bits per heavy atom. The second kappa shape index (κ2) is 7.79. The highest BCUT2D eigenvalue weighted by atomic mass is 16.2. The molecule has 0 radical (unpaired) electrons. The number of carbonyl (C=O) groups is 2. The van der Waals surface area contributed by atoms with Gasteiger partial charge in [-0.2, -0.15) is 0 Å². The molecule has 1 aromatic rings. The van der Waals surface area contributed by atoms with Gasteiger partial charge in [0.2, 0.25) is 5.91 Å². The van der Waals surface area contributed by atoms with Gasteiger partial charge < -0.3 is 15.5 Å². The van der Waals surface area contributed by atoms with Crippen LogP contribution in [0.1, 0.15) is 41.6 Å². The van der Waals surface area contributed by atoms with Crippen LogP contribution in [0.5, 0.6) is 0 Å². The molecule has 24 heavy (non-hydrogen) atoms. The van der Waals surface area contributed by atoms with Crippen LogP contribution in [0.2, 0.25) is 0 Å². The van der Waals surface area contributed by atoms with E-state index >= 15 is 0 Å². The largest absolute Gasteiger partial charge is 0.354 e. The van der Waals surface area contributed by atoms with Crippen LogP contribution in [0.15, 0.2) is 24.3 Å². The van der Waals surface area contributed by atoms with Crippen molar-refractivity contribution in [3.8, 4) is 0 Å². The van der Waals surface area contributed by atoms with Crippen LogP contribution in [0.25, 0.3) is 0 Å². The first-order chi connectivity index (χ1) is 11.6. The van der Waals surface area contributed by atoms with E-state index in [4.69, 9.17) is 0 Å². The minimum atomic E-state index is -0.0294. The normalized spacial score (nSPS) is 24.0. The van der Waals surface area contributed by atoms with Gasteiger partial charge in [0, 0.05) is 25.2 Å². The Morgan fingerprint density at radius 2 is 2.08 bits per heavy atom. The summed E-state index contributed by atoms with van der Waals surface area (Å²) in [4.78, 5) is 26.8. The van der Waals surface area contributed by atoms with Gasteiger partial charge in [0.25, 0.3) is 5.91 Å². The van der Waals surface area contributed by atoms with Crippen molar-refractivity contribution in [2.24, 2.45) is 5.92 Å². The summed E-state index contributed by atoms with van der Waals surface area (Å²) in [5.41, 5.74) is 1.81. The van der Waals surface area contributed by atoms with Crippen LogP contribution in [0.4, 0.5) is 0 Å². The van der Waals surface area contributed by atoms with Crippen LogP contribution in [-0.4, -0.2) is 48.9 Å². The lowest BCUT2D eigenvalue weighted by Gasteiger charge is -2.33. The van der Waals surface area contributed by atoms with Gasteiger partial charge in [-0.05, 0) is 56.7 Å². The number of likely N-dealkylation sites (tertiary alicyclic amines) is 1. The Hall–Kier alpha value is -1.88. The van der Waals surface area contributed by atoms with Gasteiger partial charge >= 0.3 is 0 Å². The minimum absolute atomic E-state index is 0.0294. The summed E-state index contributed by atoms with van der Waals surface area (Å²) in [6.07, 6.45) is 4.06. The summed E-state index contributed by atoms with van der Waals surface area (Å²) in [7, 11) is 0. The highest BCUT2D eigenvalue weighted by Gasteiger charge is 2.27. The molecule has 5 nitrogen and oxygen atoms in total. The Kier molecular flexibility index (Phi) is 5.51. The molecule has 2 fully saturated rings. The molecule has 2 saturated heterocycles. The van der Waals surface area contributed by atoms with E-state index in [9.17, 15) is 9.59 Å². The van der Waals surface area contributed by atoms with Crippen LogP contribution in [0.3, 0.4) is 0 Å². The Labute approximate surface area is 143 Å². The minimum Gasteiger partial charge on any atom is -0.354 e. The Morgan fingerprint density at radius 3 is 2.83 bits per heavy atom. The Bertz CT molecular complexity index is 596. The number of nitrogens with zero attached hydrogens (tertiary/aromatic N) is 1. The first-order valence-electron chi connectivity index (χ1n) is 9.01. The summed E-state index contributed by atoms with van der Waals surface area (Å²) in [5, 5.41) is 6.29. The summed E-state index contributed by atoms with van der Waals surface area (Å²) in [6, 6.07) is 7.71. The second-order valence-electron chi connectivity index (χ2n) is 6.97. The molecule has 2 aliphatic rings. The summed E-state index contributed by atoms with van der Waals surface area (Å²) >= 11 is 0. The smallest absolute Gasteiger partial charge is 0.254 e. The van der Waals surface area contributed by atoms with E-state index in [-0.39, 0.29) is 17.9 Å². The molecule has 0 aliphatic carbocycles. The number of nitrogens with one attached hydrogen (secondary N) is 2. The zero-order valence-electron chi connectivity index (χ0n) is 14.4. The van der Waals surface area contributed by atoms with Gasteiger partial charge in [-0.15, -0.1) is 0 Å². The highest BCUT2D eigenvalue weighted by Crippen LogP contribution is 2.19. The summed E-state index contributed by atoms with van der Waals surface area (Å²) in [5.74, 6) is 0.563. The third kappa shape index (κ3) is 3.96. The standard InChI is InChI=1S/C19H27N3O2/c1-14-6-2-3-8-16(14)19(24)22-11-5-7-15(13-22)12-21-18(23)17-9-4-10-20-17/h2-3,6,8,15,17,20H,4-5,7,9-13H2,1H3,(H,21,23). The van der Waals surface area contributed by atoms with Crippen molar-refractivity contribution in [3.63, 3.8) is 0 Å². The lowest BCUT2D eigenvalue weighted by molar-refractivity contribution is -0.123. The van der Waals surface area contributed by atoms with Crippen LogP contribution in [0, 0.1) is 12.8 Å². The molecule has 2 unspecified atom stereocenters. The van der Waals surface area contributed by atoms with Gasteiger partial charge in [-0.1, -0.05) is 18.2 Å². The number of carbonyl (C=O) groups excluding carboxylic acids is 2. The number of piperidine rings is 1. The zero-order chi connectivity index (χ0) is 16.9. The van der Waals surface area contributed by atoms with Crippen molar-refractivity contribution in [3.05, 3.63) is 35.4 Å². The number of hydrogen-bond donors (Lipinski definition) is 2. The molecule has 2 N–H and O–H groups in total. The maximum Gasteiger partial charge on any atom is 0.254 e. The molecule has 0 aromatic heterocycles. The molecule has 1 aromatic carbocycles. The van der Waals surface area contributed by atoms with E-state index in [0.29, 0.717) is 12.5 Å². The van der Waals surface area contributed by atoms with Crippen molar-refractivity contribution in [2.75, 3.05) is 26.2 Å². The maximum atomic E-state index is 12.7. The molecule has 2 heterocycles. The molecular weight excluding hydrogens is 302 g/mol. The number of aryl methyl sites for hydroxylation is 1. The average molecular weight is 329 g/mol. The monoisotopic (exact) mass is 329 g/mol. The van der Waals surface area contributed by atoms with Gasteiger partial charge in [-0.3, -0.25) is 9.59 Å². The van der Waals surface area contributed by atoms with E-state index < -0.39 is 0 Å². The molecule has 130 valence electrons. The molecule has 2 atom stereocenters. The second-order valence-corrected chi connectivity index (χ2v) is 6.97. The van der Waals surface area contributed by atoms with Crippen LogP contribution < -0.4 is 10.6 Å². The van der Waals surface area contributed by atoms with E-state index in [2.05, 4.69) is 10.6 Å². The SMILES string of the molecule is Cc1ccccc1C(=O)N1CCCC(CNC(=O)C2CCCN2)C1. The molecule has 2 amide bonds. The summed E-state index contributed by atoms with van der Waals surface area (Å²) in [6.45, 7) is 5.10. The molecule has 0 spiro atoms. The number of amides is 2. The average Bonchev–Trinajstić information content (AvgIpc) is 3.14. The lowest BCUT2D eigenvalue weighted by Crippen LogP contribution is -2.46. The predicted octanol–water partition coefficient (Wildman–Crippen LogP) is 1.72. The number of rotatable bonds is 4. The van der Waals surface area contributed by atoms with Crippen molar-refractivity contribution in [2.45, 2.75) is 38.6 Å². The predicted molar refractivity (Wildman–Crippen MR) is 93.8 cm³/mol. The van der Waals surface area contributed by atoms with E-state index in [1.54, 1.807) is 0 Å². The lowest BCUT2D eigenvalue weighted by atomic mass is 9.96. The maximum absolute atomic E-state index is 12.7. The summed E-state index contributed by atoms with van der Waals surface area (Å²) < 4.78 is 0. The van der Waals surface area contributed by atoms with Gasteiger partial charge in [0.05, 0.1) is 6.04 Å². The van der Waals surface area contributed by atoms with Crippen LogP contribution >= 0.6 is 0 Å². The van der Waals surface area contributed by atoms with Gasteiger partial charge in [0.1, 0.15) is 0 Å². The highest BCUT2D eigenvalue weighted by molar-refractivity contribution is 5.95. The van der Waals surface area contributed by atoms with Crippen LogP contribution in [-0.2, 0) is 4.79 Å². The third-order valence-electron chi connectivity index (χ3n) is 5.12. The third-order valence-corrected chi connectivity index (χ3v) is 5.12. The number of benzene rings is 1. The number of hydrogen-bond acceptors (Lipinski definition) is 3. The fourth-order valence-corrected chi connectivity index (χ4v) is 3.68. The molecule has 5 heteroatoms. The first kappa shape index (κ1) is 17.0. The van der Waals surface area contributed by atoms with E-state index in [1.165, 1.54) is 0 Å². The molecular formula is C19H27N3O2. The van der Waals surface area contributed by atoms with Gasteiger partial charge in [-0.25, -0.2) is 0 Å². The molecule has 3 rings (SSSR count). The van der Waals surface area contributed by atoms with Crippen molar-refractivity contribution in [1.82, 2.24) is 15.5 Å².